The average Bonchev–Trinajstić information content (AvgIpc) is 3.11. The van der Waals surface area contributed by atoms with Gasteiger partial charge in [-0.3, -0.25) is 4.57 Å². The molecule has 0 amide bonds. The third-order valence-corrected chi connectivity index (χ3v) is 5.63. The van der Waals surface area contributed by atoms with Gasteiger partial charge in [-0.1, -0.05) is 13.3 Å². The molecule has 1 fully saturated rings. The number of nitrogens with two attached hydrogens (primary N) is 1. The summed E-state index contributed by atoms with van der Waals surface area (Å²) in [5, 5.41) is 31.5. The van der Waals surface area contributed by atoms with E-state index < -0.39 is 29.5 Å². The highest BCUT2D eigenvalue weighted by atomic mass is 32.2. The van der Waals surface area contributed by atoms with Gasteiger partial charge in [0.1, 0.15) is 35.1 Å². The minimum absolute atomic E-state index is 0.218. The summed E-state index contributed by atoms with van der Waals surface area (Å²) in [7, 11) is 0. The first-order chi connectivity index (χ1) is 11.9. The van der Waals surface area contributed by atoms with E-state index in [4.69, 9.17) is 10.5 Å². The van der Waals surface area contributed by atoms with Gasteiger partial charge in [-0.05, 0) is 19.1 Å². The molecule has 0 aromatic carbocycles. The number of aromatic nitrogens is 4. The average molecular weight is 369 g/mol. The molecule has 10 heteroatoms. The fraction of sp³-hybridized carbons (Fsp3) is 0.667. The van der Waals surface area contributed by atoms with Gasteiger partial charge in [0.2, 0.25) is 0 Å². The molecule has 5 atom stereocenters. The van der Waals surface area contributed by atoms with Gasteiger partial charge in [0.25, 0.3) is 0 Å². The van der Waals surface area contributed by atoms with E-state index in [1.807, 2.05) is 0 Å². The van der Waals surface area contributed by atoms with Crippen LogP contribution in [0.5, 0.6) is 0 Å². The van der Waals surface area contributed by atoms with E-state index in [0.29, 0.717) is 11.2 Å². The smallest absolute Gasteiger partial charge is 0.167 e. The predicted molar refractivity (Wildman–Crippen MR) is 93.6 cm³/mol. The van der Waals surface area contributed by atoms with Crippen molar-refractivity contribution in [3.63, 3.8) is 0 Å². The molecule has 1 aliphatic rings. The van der Waals surface area contributed by atoms with E-state index in [9.17, 15) is 15.3 Å². The molecule has 25 heavy (non-hydrogen) atoms. The molecule has 3 rings (SSSR count). The Morgan fingerprint density at radius 2 is 2.08 bits per heavy atom. The molecule has 5 N–H and O–H groups in total. The predicted octanol–water partition coefficient (Wildman–Crippen LogP) is 0.269. The second-order valence-electron chi connectivity index (χ2n) is 6.27. The highest BCUT2D eigenvalue weighted by Gasteiger charge is 2.52. The fourth-order valence-electron chi connectivity index (χ4n) is 2.89. The number of rotatable bonds is 6. The lowest BCUT2D eigenvalue weighted by Gasteiger charge is -2.30. The molecular weight excluding hydrogens is 346 g/mol. The van der Waals surface area contributed by atoms with E-state index in [-0.39, 0.29) is 5.82 Å². The molecule has 1 saturated heterocycles. The van der Waals surface area contributed by atoms with Crippen LogP contribution in [0.15, 0.2) is 12.7 Å². The summed E-state index contributed by atoms with van der Waals surface area (Å²) in [6, 6.07) is 0. The number of nitrogens with zero attached hydrogens (tertiary/aromatic N) is 4. The maximum absolute atomic E-state index is 10.7. The highest BCUT2D eigenvalue weighted by molar-refractivity contribution is 8.00. The molecule has 0 saturated carbocycles. The molecule has 2 aromatic rings. The molecule has 0 aliphatic carbocycles. The van der Waals surface area contributed by atoms with Crippen LogP contribution in [0.1, 0.15) is 32.9 Å². The Morgan fingerprint density at radius 1 is 1.32 bits per heavy atom. The largest absolute Gasteiger partial charge is 0.387 e. The summed E-state index contributed by atoms with van der Waals surface area (Å²) in [5.74, 6) is 0.949. The number of hydrogen-bond donors (Lipinski definition) is 4. The van der Waals surface area contributed by atoms with Crippen molar-refractivity contribution in [2.45, 2.75) is 56.2 Å². The highest BCUT2D eigenvalue weighted by Crippen LogP contribution is 2.40. The first kappa shape index (κ1) is 18.3. The Labute approximate surface area is 149 Å². The number of aliphatic hydroxyl groups excluding tert-OH is 2. The molecular formula is C15H23N5O4S. The third-order valence-electron chi connectivity index (χ3n) is 4.32. The van der Waals surface area contributed by atoms with Crippen molar-refractivity contribution in [2.75, 3.05) is 11.5 Å². The van der Waals surface area contributed by atoms with E-state index >= 15 is 0 Å². The van der Waals surface area contributed by atoms with Gasteiger partial charge in [0.05, 0.1) is 6.33 Å². The van der Waals surface area contributed by atoms with Crippen molar-refractivity contribution >= 4 is 28.7 Å². The number of imidazole rings is 1. The molecule has 0 spiro atoms. The van der Waals surface area contributed by atoms with Crippen LogP contribution in [0.25, 0.3) is 11.2 Å². The SMILES string of the molecule is CCCCSC(C)(O)[C@H]1O[C@@H](n2cnc3c(N)ncnc32)[C@H](O)[C@@H]1O. The summed E-state index contributed by atoms with van der Waals surface area (Å²) in [4.78, 5) is 10.8. The summed E-state index contributed by atoms with van der Waals surface area (Å²) in [5.41, 5.74) is 6.55. The van der Waals surface area contributed by atoms with E-state index in [1.54, 1.807) is 6.92 Å². The van der Waals surface area contributed by atoms with Crippen LogP contribution in [-0.4, -0.2) is 63.8 Å². The van der Waals surface area contributed by atoms with Gasteiger partial charge in [0.15, 0.2) is 17.7 Å². The van der Waals surface area contributed by atoms with Crippen molar-refractivity contribution in [2.24, 2.45) is 0 Å². The number of hydrogen-bond acceptors (Lipinski definition) is 9. The fourth-order valence-corrected chi connectivity index (χ4v) is 4.10. The van der Waals surface area contributed by atoms with Gasteiger partial charge in [-0.15, -0.1) is 11.8 Å². The second-order valence-corrected chi connectivity index (χ2v) is 7.79. The van der Waals surface area contributed by atoms with Crippen molar-refractivity contribution in [1.82, 2.24) is 19.5 Å². The van der Waals surface area contributed by atoms with E-state index in [1.165, 1.54) is 29.0 Å². The van der Waals surface area contributed by atoms with Gasteiger partial charge in [-0.2, -0.15) is 0 Å². The molecule has 3 heterocycles. The quantitative estimate of drug-likeness (QED) is 0.417. The lowest BCUT2D eigenvalue weighted by molar-refractivity contribution is -0.0911. The van der Waals surface area contributed by atoms with Crippen LogP contribution in [0, 0.1) is 0 Å². The van der Waals surface area contributed by atoms with Crippen LogP contribution >= 0.6 is 11.8 Å². The maximum Gasteiger partial charge on any atom is 0.167 e. The number of unbranched alkanes of at least 4 members (excludes halogenated alkanes) is 1. The van der Waals surface area contributed by atoms with Crippen LogP contribution in [-0.2, 0) is 4.74 Å². The Hall–Kier alpha value is -1.46. The minimum Gasteiger partial charge on any atom is -0.387 e. The topological polar surface area (TPSA) is 140 Å². The zero-order valence-corrected chi connectivity index (χ0v) is 14.9. The number of anilines is 1. The lowest BCUT2D eigenvalue weighted by atomic mass is 10.1. The number of ether oxygens (including phenoxy) is 1. The number of fused-ring (bicyclic) bond motifs is 1. The van der Waals surface area contributed by atoms with Gasteiger partial charge < -0.3 is 25.8 Å². The lowest BCUT2D eigenvalue weighted by Crippen LogP contribution is -2.45. The monoisotopic (exact) mass is 369 g/mol. The van der Waals surface area contributed by atoms with Crippen molar-refractivity contribution in [3.05, 3.63) is 12.7 Å². The molecule has 2 aromatic heterocycles. The van der Waals surface area contributed by atoms with Gasteiger partial charge in [-0.25, -0.2) is 15.0 Å². The number of thioether (sulfide) groups is 1. The Balaban J connectivity index is 1.85. The Bertz CT molecular complexity index is 740. The molecule has 9 nitrogen and oxygen atoms in total. The molecule has 1 unspecified atom stereocenters. The van der Waals surface area contributed by atoms with Crippen LogP contribution in [0.4, 0.5) is 5.82 Å². The first-order valence-corrected chi connectivity index (χ1v) is 9.16. The van der Waals surface area contributed by atoms with Crippen molar-refractivity contribution in [1.29, 1.82) is 0 Å². The normalized spacial score (nSPS) is 29.2. The molecule has 0 bridgehead atoms. The van der Waals surface area contributed by atoms with Gasteiger partial charge in [0, 0.05) is 0 Å². The number of nitrogen functional groups attached to an aromatic ring is 1. The molecule has 0 radical (unpaired) electrons. The van der Waals surface area contributed by atoms with E-state index in [2.05, 4.69) is 21.9 Å². The Morgan fingerprint density at radius 3 is 2.80 bits per heavy atom. The van der Waals surface area contributed by atoms with Gasteiger partial charge >= 0.3 is 0 Å². The van der Waals surface area contributed by atoms with Crippen LogP contribution < -0.4 is 5.73 Å². The number of aliphatic hydroxyl groups is 3. The third kappa shape index (κ3) is 3.32. The minimum atomic E-state index is -1.34. The zero-order valence-electron chi connectivity index (χ0n) is 14.1. The molecule has 1 aliphatic heterocycles. The summed E-state index contributed by atoms with van der Waals surface area (Å²) in [6.07, 6.45) is 0.299. The summed E-state index contributed by atoms with van der Waals surface area (Å²) >= 11 is 1.30. The van der Waals surface area contributed by atoms with Crippen LogP contribution in [0.2, 0.25) is 0 Å². The standard InChI is InChI=1S/C15H23N5O4S/c1-3-4-5-25-15(2,23)11-9(21)10(22)14(24-11)20-7-19-8-12(16)17-6-18-13(8)20/h6-7,9-11,14,21-23H,3-5H2,1-2H3,(H2,16,17,18)/t9-,10+,11-,14+,15?/m0/s1. The maximum atomic E-state index is 10.7. The summed E-state index contributed by atoms with van der Waals surface area (Å²) in [6.45, 7) is 3.65. The summed E-state index contributed by atoms with van der Waals surface area (Å²) < 4.78 is 7.32. The van der Waals surface area contributed by atoms with Crippen molar-refractivity contribution in [3.8, 4) is 0 Å². The zero-order chi connectivity index (χ0) is 18.2. The Kier molecular flexibility index (Phi) is 5.16. The van der Waals surface area contributed by atoms with Crippen LogP contribution in [0.3, 0.4) is 0 Å². The molecule has 138 valence electrons. The van der Waals surface area contributed by atoms with E-state index in [0.717, 1.165) is 18.6 Å². The first-order valence-electron chi connectivity index (χ1n) is 8.17. The van der Waals surface area contributed by atoms with Crippen molar-refractivity contribution < 1.29 is 20.1 Å². The second kappa shape index (κ2) is 7.04.